The first-order valence-corrected chi connectivity index (χ1v) is 11.2. The van der Waals surface area contributed by atoms with Gasteiger partial charge in [0.1, 0.15) is 11.9 Å². The van der Waals surface area contributed by atoms with E-state index in [-0.39, 0.29) is 17.5 Å². The quantitative estimate of drug-likeness (QED) is 0.372. The molecule has 1 N–H and O–H groups in total. The number of aromatic amines is 1. The minimum absolute atomic E-state index is 0.0153. The van der Waals surface area contributed by atoms with Crippen LogP contribution >= 0.6 is 0 Å². The Morgan fingerprint density at radius 2 is 1.91 bits per heavy atom. The smallest absolute Gasteiger partial charge is 0.168 e. The number of carbonyl (C=O) groups excluding carboxylic acids is 1. The Balaban J connectivity index is 0.000000555. The van der Waals surface area contributed by atoms with Crippen LogP contribution in [0.3, 0.4) is 0 Å². The molecule has 1 aromatic heterocycles. The lowest BCUT2D eigenvalue weighted by Crippen LogP contribution is -2.37. The van der Waals surface area contributed by atoms with E-state index in [0.29, 0.717) is 11.1 Å². The van der Waals surface area contributed by atoms with Crippen LogP contribution in [0.15, 0.2) is 73.5 Å². The van der Waals surface area contributed by atoms with Gasteiger partial charge in [0.15, 0.2) is 5.78 Å². The van der Waals surface area contributed by atoms with Crippen molar-refractivity contribution < 1.29 is 9.18 Å². The van der Waals surface area contributed by atoms with Gasteiger partial charge in [0.2, 0.25) is 0 Å². The number of benzene rings is 2. The van der Waals surface area contributed by atoms with Gasteiger partial charge in [-0.1, -0.05) is 49.1 Å². The van der Waals surface area contributed by atoms with Gasteiger partial charge in [-0.05, 0) is 63.0 Å². The van der Waals surface area contributed by atoms with Crippen LogP contribution in [-0.2, 0) is 6.42 Å². The highest BCUT2D eigenvalue weighted by Crippen LogP contribution is 2.27. The number of fused-ring (bicyclic) bond motifs is 1. The van der Waals surface area contributed by atoms with Crippen molar-refractivity contribution in [3.63, 3.8) is 0 Å². The summed E-state index contributed by atoms with van der Waals surface area (Å²) >= 11 is 0. The van der Waals surface area contributed by atoms with Crippen LogP contribution in [0, 0.1) is 23.1 Å². The number of allylic oxidation sites excluding steroid dienone is 2. The molecule has 0 amide bonds. The minimum atomic E-state index is -0.206. The molecule has 170 valence electrons. The molecule has 0 atom stereocenters. The van der Waals surface area contributed by atoms with Gasteiger partial charge in [0.25, 0.3) is 0 Å². The van der Waals surface area contributed by atoms with Crippen molar-refractivity contribution in [1.29, 1.82) is 5.26 Å². The van der Waals surface area contributed by atoms with Gasteiger partial charge in [-0.2, -0.15) is 5.26 Å². The van der Waals surface area contributed by atoms with Gasteiger partial charge in [-0.25, -0.2) is 4.39 Å². The molecule has 1 fully saturated rings. The minimum Gasteiger partial charge on any atom is -0.359 e. The summed E-state index contributed by atoms with van der Waals surface area (Å²) < 4.78 is 13.0. The molecular weight excluding hydrogens is 413 g/mol. The normalized spacial score (nSPS) is 14.2. The summed E-state index contributed by atoms with van der Waals surface area (Å²) in [7, 11) is 0. The maximum Gasteiger partial charge on any atom is 0.168 e. The topological polar surface area (TPSA) is 59.9 Å². The second-order valence-corrected chi connectivity index (χ2v) is 8.45. The van der Waals surface area contributed by atoms with E-state index in [9.17, 15) is 14.4 Å². The molecule has 2 heterocycles. The summed E-state index contributed by atoms with van der Waals surface area (Å²) in [5.41, 5.74) is 4.17. The molecular formula is C28H30FN3O. The maximum atomic E-state index is 13.1. The Morgan fingerprint density at radius 1 is 1.24 bits per heavy atom. The van der Waals surface area contributed by atoms with E-state index in [4.69, 9.17) is 0 Å². The van der Waals surface area contributed by atoms with E-state index in [0.717, 1.165) is 60.9 Å². The summed E-state index contributed by atoms with van der Waals surface area (Å²) in [6.07, 6.45) is 5.95. The zero-order chi connectivity index (χ0) is 23.8. The second-order valence-electron chi connectivity index (χ2n) is 8.45. The Bertz CT molecular complexity index is 1160. The number of Topliss-reactive ketones (excluding diaryl/α,β-unsaturated/α-hetero) is 1. The number of hydrogen-bond acceptors (Lipinski definition) is 3. The highest BCUT2D eigenvalue weighted by atomic mass is 19.1. The summed E-state index contributed by atoms with van der Waals surface area (Å²) in [5.74, 6) is -0.0290. The number of ketones is 1. The number of hydrogen-bond donors (Lipinski definition) is 1. The molecule has 0 aliphatic carbocycles. The highest BCUT2D eigenvalue weighted by Gasteiger charge is 2.27. The van der Waals surface area contributed by atoms with Crippen LogP contribution in [0.4, 0.5) is 4.39 Å². The second kappa shape index (κ2) is 11.4. The molecule has 0 unspecified atom stereocenters. The lowest BCUT2D eigenvalue weighted by Gasteiger charge is -2.31. The van der Waals surface area contributed by atoms with Crippen molar-refractivity contribution in [3.05, 3.63) is 96.0 Å². The van der Waals surface area contributed by atoms with Crippen LogP contribution in [0.1, 0.15) is 41.3 Å². The molecule has 1 aliphatic heterocycles. The number of H-pyrrole nitrogens is 1. The molecule has 3 aromatic rings. The number of nitriles is 1. The van der Waals surface area contributed by atoms with Crippen molar-refractivity contribution in [3.8, 4) is 6.07 Å². The van der Waals surface area contributed by atoms with Gasteiger partial charge in [-0.15, -0.1) is 0 Å². The Labute approximate surface area is 195 Å². The molecule has 0 saturated carbocycles. The molecule has 5 heteroatoms. The van der Waals surface area contributed by atoms with E-state index < -0.39 is 0 Å². The molecule has 0 radical (unpaired) electrons. The molecule has 0 bridgehead atoms. The number of rotatable bonds is 6. The summed E-state index contributed by atoms with van der Waals surface area (Å²) in [6, 6.07) is 14.4. The number of halogens is 1. The van der Waals surface area contributed by atoms with Crippen LogP contribution < -0.4 is 0 Å². The van der Waals surface area contributed by atoms with Gasteiger partial charge in [0.05, 0.1) is 11.1 Å². The molecule has 33 heavy (non-hydrogen) atoms. The van der Waals surface area contributed by atoms with Crippen LogP contribution in [0.25, 0.3) is 10.9 Å². The average molecular weight is 444 g/mol. The molecule has 1 saturated heterocycles. The number of likely N-dealkylation sites (tertiary alicyclic amines) is 1. The fourth-order valence-electron chi connectivity index (χ4n) is 4.03. The number of nitrogens with zero attached hydrogens (tertiary/aromatic N) is 2. The molecule has 2 aromatic carbocycles. The maximum absolute atomic E-state index is 13.1. The number of para-hydroxylation sites is 1. The first-order chi connectivity index (χ1) is 15.9. The van der Waals surface area contributed by atoms with E-state index in [2.05, 4.69) is 29.1 Å². The third-order valence-electron chi connectivity index (χ3n) is 6.04. The van der Waals surface area contributed by atoms with Crippen LogP contribution in [0.2, 0.25) is 0 Å². The Hall–Kier alpha value is -3.49. The first-order valence-electron chi connectivity index (χ1n) is 11.2. The van der Waals surface area contributed by atoms with E-state index >= 15 is 0 Å². The predicted molar refractivity (Wildman–Crippen MR) is 132 cm³/mol. The van der Waals surface area contributed by atoms with Crippen LogP contribution in [-0.4, -0.2) is 35.3 Å². The van der Waals surface area contributed by atoms with Crippen molar-refractivity contribution in [2.45, 2.75) is 26.2 Å². The molecule has 4 rings (SSSR count). The predicted octanol–water partition coefficient (Wildman–Crippen LogP) is 6.06. The van der Waals surface area contributed by atoms with Crippen molar-refractivity contribution in [2.75, 3.05) is 19.6 Å². The van der Waals surface area contributed by atoms with E-state index in [1.807, 2.05) is 37.3 Å². The zero-order valence-electron chi connectivity index (χ0n) is 19.1. The molecule has 4 nitrogen and oxygen atoms in total. The SMILES string of the molecule is C=CC(=C)C.N#Cc1c[nH]c2c(C(=O)C3CCN(CCc4ccc(F)cc4)CC3)cccc12. The monoisotopic (exact) mass is 443 g/mol. The third kappa shape index (κ3) is 6.27. The zero-order valence-corrected chi connectivity index (χ0v) is 19.1. The first kappa shape index (κ1) is 24.2. The van der Waals surface area contributed by atoms with Gasteiger partial charge in [0, 0.05) is 29.6 Å². The Morgan fingerprint density at radius 3 is 2.52 bits per heavy atom. The third-order valence-corrected chi connectivity index (χ3v) is 6.04. The largest absolute Gasteiger partial charge is 0.359 e. The van der Waals surface area contributed by atoms with Crippen molar-refractivity contribution in [1.82, 2.24) is 9.88 Å². The molecule has 0 spiro atoms. The van der Waals surface area contributed by atoms with E-state index in [1.54, 1.807) is 12.3 Å². The van der Waals surface area contributed by atoms with E-state index in [1.165, 1.54) is 12.1 Å². The number of nitrogens with one attached hydrogen (secondary N) is 1. The average Bonchev–Trinajstić information content (AvgIpc) is 3.27. The summed E-state index contributed by atoms with van der Waals surface area (Å²) in [5, 5.41) is 10.0. The molecule has 1 aliphatic rings. The number of aromatic nitrogens is 1. The van der Waals surface area contributed by atoms with Crippen molar-refractivity contribution in [2.24, 2.45) is 5.92 Å². The van der Waals surface area contributed by atoms with Gasteiger partial charge < -0.3 is 9.88 Å². The fourth-order valence-corrected chi connectivity index (χ4v) is 4.03. The fraction of sp³-hybridized carbons (Fsp3) is 0.286. The summed E-state index contributed by atoms with van der Waals surface area (Å²) in [4.78, 5) is 18.5. The Kier molecular flexibility index (Phi) is 8.34. The van der Waals surface area contributed by atoms with Crippen LogP contribution in [0.5, 0.6) is 0 Å². The highest BCUT2D eigenvalue weighted by molar-refractivity contribution is 6.09. The lowest BCUT2D eigenvalue weighted by molar-refractivity contribution is 0.0842. The summed E-state index contributed by atoms with van der Waals surface area (Å²) in [6.45, 7) is 11.6. The number of carbonyl (C=O) groups is 1. The van der Waals surface area contributed by atoms with Gasteiger partial charge >= 0.3 is 0 Å². The number of piperidine rings is 1. The standard InChI is InChI=1S/C23H22FN3O.C5H8/c24-19-6-4-16(5-7-19)8-11-27-12-9-17(10-13-27)23(28)21-3-1-2-20-18(14-25)15-26-22(20)21;1-4-5(2)3/h1-7,15,17,26H,8-13H2;4H,1-2H2,3H3. The lowest BCUT2D eigenvalue weighted by atomic mass is 9.88. The van der Waals surface area contributed by atoms with Gasteiger partial charge in [-0.3, -0.25) is 4.79 Å². The van der Waals surface area contributed by atoms with Crippen molar-refractivity contribution >= 4 is 16.7 Å².